The summed E-state index contributed by atoms with van der Waals surface area (Å²) in [5.74, 6) is 0.595. The molecule has 4 N–H and O–H groups in total. The van der Waals surface area contributed by atoms with Crippen molar-refractivity contribution in [3.8, 4) is 0 Å². The van der Waals surface area contributed by atoms with Gasteiger partial charge in [0.15, 0.2) is 11.7 Å². The van der Waals surface area contributed by atoms with Crippen LogP contribution in [0.25, 0.3) is 0 Å². The van der Waals surface area contributed by atoms with Crippen molar-refractivity contribution in [2.75, 3.05) is 6.54 Å². The summed E-state index contributed by atoms with van der Waals surface area (Å²) < 4.78 is 18.8. The van der Waals surface area contributed by atoms with Crippen LogP contribution in [0.4, 0.5) is 4.39 Å². The highest BCUT2D eigenvalue weighted by Crippen LogP contribution is 2.10. The molecule has 0 bridgehead atoms. The molecule has 0 atom stereocenters. The molecule has 0 saturated carbocycles. The van der Waals surface area contributed by atoms with Crippen molar-refractivity contribution in [2.24, 2.45) is 10.9 Å². The number of nitrogens with two attached hydrogens (primary N) is 1. The largest absolute Gasteiger partial charge is 0.409 e. The number of rotatable bonds is 6. The van der Waals surface area contributed by atoms with Gasteiger partial charge in [0, 0.05) is 30.6 Å². The van der Waals surface area contributed by atoms with Crippen molar-refractivity contribution >= 4 is 5.84 Å². The van der Waals surface area contributed by atoms with Crippen molar-refractivity contribution in [1.82, 2.24) is 15.5 Å². The Hall–Kier alpha value is -2.48. The Kier molecular flexibility index (Phi) is 4.83. The van der Waals surface area contributed by atoms with Crippen LogP contribution in [0.3, 0.4) is 0 Å². The average molecular weight is 293 g/mol. The third-order valence-corrected chi connectivity index (χ3v) is 2.86. The normalized spacial score (nSPS) is 11.8. The molecule has 1 aromatic carbocycles. The molecule has 0 aliphatic carbocycles. The predicted octanol–water partition coefficient (Wildman–Crippen LogP) is 0.944. The molecule has 0 saturated heterocycles. The average Bonchev–Trinajstić information content (AvgIpc) is 2.89. The van der Waals surface area contributed by atoms with E-state index < -0.39 is 5.82 Å². The Labute approximate surface area is 120 Å². The van der Waals surface area contributed by atoms with Gasteiger partial charge in [0.25, 0.3) is 0 Å². The molecule has 8 heteroatoms. The van der Waals surface area contributed by atoms with Gasteiger partial charge in [-0.1, -0.05) is 22.4 Å². The van der Waals surface area contributed by atoms with Gasteiger partial charge in [0.2, 0.25) is 5.89 Å². The molecule has 2 aromatic rings. The van der Waals surface area contributed by atoms with E-state index in [0.29, 0.717) is 42.4 Å². The molecule has 0 aliphatic rings. The van der Waals surface area contributed by atoms with Crippen LogP contribution in [-0.2, 0) is 13.0 Å². The van der Waals surface area contributed by atoms with Gasteiger partial charge in [-0.2, -0.15) is 4.98 Å². The Balaban J connectivity index is 1.86. The fourth-order valence-electron chi connectivity index (χ4n) is 1.77. The van der Waals surface area contributed by atoms with Crippen molar-refractivity contribution in [2.45, 2.75) is 19.9 Å². The van der Waals surface area contributed by atoms with E-state index in [1.54, 1.807) is 19.1 Å². The number of benzene rings is 1. The summed E-state index contributed by atoms with van der Waals surface area (Å²) in [5.41, 5.74) is 6.22. The van der Waals surface area contributed by atoms with Gasteiger partial charge in [0.05, 0.1) is 0 Å². The van der Waals surface area contributed by atoms with Crippen LogP contribution < -0.4 is 11.1 Å². The Morgan fingerprint density at radius 1 is 1.52 bits per heavy atom. The van der Waals surface area contributed by atoms with Crippen LogP contribution in [0.2, 0.25) is 0 Å². The number of hydrogen-bond donors (Lipinski definition) is 3. The maximum atomic E-state index is 13.8. The zero-order valence-corrected chi connectivity index (χ0v) is 11.5. The zero-order valence-electron chi connectivity index (χ0n) is 11.5. The smallest absolute Gasteiger partial charge is 0.227 e. The van der Waals surface area contributed by atoms with Gasteiger partial charge in [-0.3, -0.25) is 0 Å². The van der Waals surface area contributed by atoms with E-state index in [-0.39, 0.29) is 5.84 Å². The minimum Gasteiger partial charge on any atom is -0.409 e. The molecule has 0 spiro atoms. The molecule has 0 fully saturated rings. The van der Waals surface area contributed by atoms with Gasteiger partial charge in [-0.15, -0.1) is 0 Å². The third-order valence-electron chi connectivity index (χ3n) is 2.86. The van der Waals surface area contributed by atoms with Crippen molar-refractivity contribution in [3.63, 3.8) is 0 Å². The van der Waals surface area contributed by atoms with Gasteiger partial charge < -0.3 is 20.8 Å². The second-order valence-electron chi connectivity index (χ2n) is 4.45. The lowest BCUT2D eigenvalue weighted by molar-refractivity contribution is 0.318. The van der Waals surface area contributed by atoms with Crippen LogP contribution in [0.1, 0.15) is 22.8 Å². The lowest BCUT2D eigenvalue weighted by atomic mass is 10.1. The number of halogens is 1. The summed E-state index contributed by atoms with van der Waals surface area (Å²) in [4.78, 5) is 4.07. The Morgan fingerprint density at radius 3 is 2.95 bits per heavy atom. The van der Waals surface area contributed by atoms with Crippen molar-refractivity contribution in [1.29, 1.82) is 0 Å². The molecule has 7 nitrogen and oxygen atoms in total. The first kappa shape index (κ1) is 14.9. The van der Waals surface area contributed by atoms with Crippen molar-refractivity contribution in [3.05, 3.63) is 46.9 Å². The molecule has 0 unspecified atom stereocenters. The summed E-state index contributed by atoms with van der Waals surface area (Å²) >= 11 is 0. The number of oxime groups is 1. The maximum absolute atomic E-state index is 13.8. The first-order chi connectivity index (χ1) is 10.1. The number of aromatic nitrogens is 2. The molecule has 0 radical (unpaired) electrons. The zero-order chi connectivity index (χ0) is 15.2. The van der Waals surface area contributed by atoms with Gasteiger partial charge in [0.1, 0.15) is 5.82 Å². The summed E-state index contributed by atoms with van der Waals surface area (Å²) in [5, 5.41) is 18.1. The molecule has 1 aromatic heterocycles. The molecular weight excluding hydrogens is 277 g/mol. The quantitative estimate of drug-likeness (QED) is 0.240. The highest BCUT2D eigenvalue weighted by atomic mass is 19.1. The Morgan fingerprint density at radius 2 is 2.33 bits per heavy atom. The molecule has 2 rings (SSSR count). The molecule has 112 valence electrons. The molecule has 1 heterocycles. The number of nitrogens with one attached hydrogen (secondary N) is 1. The topological polar surface area (TPSA) is 110 Å². The van der Waals surface area contributed by atoms with E-state index in [0.717, 1.165) is 0 Å². The van der Waals surface area contributed by atoms with Gasteiger partial charge in [-0.25, -0.2) is 4.39 Å². The van der Waals surface area contributed by atoms with Crippen LogP contribution in [0, 0.1) is 12.7 Å². The van der Waals surface area contributed by atoms with Gasteiger partial charge in [-0.05, 0) is 13.0 Å². The highest BCUT2D eigenvalue weighted by Gasteiger charge is 2.07. The van der Waals surface area contributed by atoms with E-state index in [1.165, 1.54) is 6.07 Å². The third kappa shape index (κ3) is 3.99. The fraction of sp³-hybridized carbons (Fsp3) is 0.308. The monoisotopic (exact) mass is 293 g/mol. The highest BCUT2D eigenvalue weighted by molar-refractivity contribution is 5.97. The summed E-state index contributed by atoms with van der Waals surface area (Å²) in [7, 11) is 0. The summed E-state index contributed by atoms with van der Waals surface area (Å²) in [6.45, 7) is 2.69. The number of amidine groups is 1. The van der Waals surface area contributed by atoms with Crippen LogP contribution >= 0.6 is 0 Å². The van der Waals surface area contributed by atoms with Crippen LogP contribution in [0.5, 0.6) is 0 Å². The number of hydrogen-bond acceptors (Lipinski definition) is 6. The standard InChI is InChI=1S/C13H16FN5O2/c1-8-17-12(21-19-8)4-5-16-7-10-3-2-9(6-11(10)14)13(15)18-20/h2-3,6,16,20H,4-5,7H2,1H3,(H2,15,18). The van der Waals surface area contributed by atoms with Crippen LogP contribution in [0.15, 0.2) is 27.9 Å². The van der Waals surface area contributed by atoms with E-state index in [4.69, 9.17) is 15.5 Å². The number of nitrogens with zero attached hydrogens (tertiary/aromatic N) is 3. The molecule has 0 aliphatic heterocycles. The lowest BCUT2D eigenvalue weighted by Gasteiger charge is -2.06. The van der Waals surface area contributed by atoms with Crippen molar-refractivity contribution < 1.29 is 14.1 Å². The van der Waals surface area contributed by atoms with Gasteiger partial charge >= 0.3 is 0 Å². The fourth-order valence-corrected chi connectivity index (χ4v) is 1.77. The Bertz CT molecular complexity index is 641. The van der Waals surface area contributed by atoms with E-state index in [1.807, 2.05) is 0 Å². The number of aryl methyl sites for hydroxylation is 1. The molecule has 21 heavy (non-hydrogen) atoms. The summed E-state index contributed by atoms with van der Waals surface area (Å²) in [6, 6.07) is 4.41. The minimum absolute atomic E-state index is 0.125. The maximum Gasteiger partial charge on any atom is 0.227 e. The first-order valence-electron chi connectivity index (χ1n) is 6.36. The predicted molar refractivity (Wildman–Crippen MR) is 73.4 cm³/mol. The first-order valence-corrected chi connectivity index (χ1v) is 6.36. The minimum atomic E-state index is -0.416. The summed E-state index contributed by atoms with van der Waals surface area (Å²) in [6.07, 6.45) is 0.574. The second-order valence-corrected chi connectivity index (χ2v) is 4.45. The van der Waals surface area contributed by atoms with E-state index in [2.05, 4.69) is 20.6 Å². The van der Waals surface area contributed by atoms with Crippen LogP contribution in [-0.4, -0.2) is 27.7 Å². The molecular formula is C13H16FN5O2. The van der Waals surface area contributed by atoms with E-state index >= 15 is 0 Å². The molecule has 0 amide bonds. The SMILES string of the molecule is Cc1noc(CCNCc2ccc(/C(N)=N/O)cc2F)n1. The second kappa shape index (κ2) is 6.80. The van der Waals surface area contributed by atoms with E-state index in [9.17, 15) is 4.39 Å². The lowest BCUT2D eigenvalue weighted by Crippen LogP contribution is -2.18.